The average molecular weight is 236 g/mol. The van der Waals surface area contributed by atoms with Crippen molar-refractivity contribution in [3.05, 3.63) is 46.6 Å². The van der Waals surface area contributed by atoms with Gasteiger partial charge in [-0.2, -0.15) is 0 Å². The Morgan fingerprint density at radius 3 is 2.62 bits per heavy atom. The van der Waals surface area contributed by atoms with Gasteiger partial charge in [0.15, 0.2) is 0 Å². The van der Waals surface area contributed by atoms with Gasteiger partial charge in [-0.25, -0.2) is 9.18 Å². The number of carboxylic acid groups (broad SMARTS) is 1. The van der Waals surface area contributed by atoms with Crippen molar-refractivity contribution in [1.29, 1.82) is 0 Å². The molecule has 1 heterocycles. The number of thiophene rings is 1. The molecule has 2 aromatic rings. The molecule has 0 bridgehead atoms. The average Bonchev–Trinajstić information content (AvgIpc) is 2.64. The fourth-order valence-corrected chi connectivity index (χ4v) is 2.32. The lowest BCUT2D eigenvalue weighted by atomic mass is 10.1. The van der Waals surface area contributed by atoms with E-state index in [0.717, 1.165) is 10.4 Å². The zero-order chi connectivity index (χ0) is 11.7. The first-order chi connectivity index (χ1) is 7.58. The van der Waals surface area contributed by atoms with Crippen molar-refractivity contribution in [3.8, 4) is 10.4 Å². The quantitative estimate of drug-likeness (QED) is 0.865. The van der Waals surface area contributed by atoms with Crippen LogP contribution in [0.1, 0.15) is 15.9 Å². The molecule has 2 rings (SSSR count). The molecule has 0 radical (unpaired) electrons. The minimum Gasteiger partial charge on any atom is -0.478 e. The molecule has 0 spiro atoms. The van der Waals surface area contributed by atoms with Crippen molar-refractivity contribution in [1.82, 2.24) is 0 Å². The number of aryl methyl sites for hydroxylation is 1. The summed E-state index contributed by atoms with van der Waals surface area (Å²) in [6, 6.07) is 6.12. The van der Waals surface area contributed by atoms with Crippen LogP contribution in [-0.4, -0.2) is 11.1 Å². The number of carbonyl (C=O) groups is 1. The molecule has 82 valence electrons. The van der Waals surface area contributed by atoms with Crippen molar-refractivity contribution >= 4 is 17.3 Å². The molecule has 4 heteroatoms. The van der Waals surface area contributed by atoms with Gasteiger partial charge in [0.25, 0.3) is 0 Å². The number of benzene rings is 1. The van der Waals surface area contributed by atoms with Gasteiger partial charge in [0.2, 0.25) is 0 Å². The highest BCUT2D eigenvalue weighted by Crippen LogP contribution is 2.28. The standard InChI is InChI=1S/C12H9FO2S/c1-7-4-11(16-6-7)8-2-3-9(12(14)15)10(13)5-8/h2-6H,1H3,(H,14,15). The van der Waals surface area contributed by atoms with Crippen LogP contribution in [0.2, 0.25) is 0 Å². The van der Waals surface area contributed by atoms with Crippen LogP contribution in [0.3, 0.4) is 0 Å². The third kappa shape index (κ3) is 1.97. The number of aromatic carboxylic acids is 1. The van der Waals surface area contributed by atoms with Gasteiger partial charge < -0.3 is 5.11 Å². The van der Waals surface area contributed by atoms with E-state index in [0.29, 0.717) is 5.56 Å². The monoisotopic (exact) mass is 236 g/mol. The van der Waals surface area contributed by atoms with Gasteiger partial charge in [-0.3, -0.25) is 0 Å². The fourth-order valence-electron chi connectivity index (χ4n) is 1.42. The Balaban J connectivity index is 2.45. The van der Waals surface area contributed by atoms with Gasteiger partial charge in [-0.15, -0.1) is 11.3 Å². The van der Waals surface area contributed by atoms with Crippen LogP contribution in [0.25, 0.3) is 10.4 Å². The van der Waals surface area contributed by atoms with E-state index >= 15 is 0 Å². The second-order valence-electron chi connectivity index (χ2n) is 3.49. The fraction of sp³-hybridized carbons (Fsp3) is 0.0833. The molecule has 0 amide bonds. The summed E-state index contributed by atoms with van der Waals surface area (Å²) in [4.78, 5) is 11.6. The lowest BCUT2D eigenvalue weighted by molar-refractivity contribution is 0.0692. The van der Waals surface area contributed by atoms with Crippen LogP contribution < -0.4 is 0 Å². The molecule has 0 aliphatic rings. The molecule has 0 saturated heterocycles. The van der Waals surface area contributed by atoms with Crippen molar-refractivity contribution in [2.75, 3.05) is 0 Å². The molecular weight excluding hydrogens is 227 g/mol. The topological polar surface area (TPSA) is 37.3 Å². The summed E-state index contributed by atoms with van der Waals surface area (Å²) in [7, 11) is 0. The summed E-state index contributed by atoms with van der Waals surface area (Å²) in [5.41, 5.74) is 1.53. The molecule has 1 N–H and O–H groups in total. The van der Waals surface area contributed by atoms with Gasteiger partial charge in [0, 0.05) is 4.88 Å². The van der Waals surface area contributed by atoms with Gasteiger partial charge in [-0.05, 0) is 41.6 Å². The minimum atomic E-state index is -1.24. The number of rotatable bonds is 2. The summed E-state index contributed by atoms with van der Waals surface area (Å²) in [5.74, 6) is -1.94. The number of hydrogen-bond acceptors (Lipinski definition) is 2. The second-order valence-corrected chi connectivity index (χ2v) is 4.40. The Morgan fingerprint density at radius 2 is 2.12 bits per heavy atom. The highest BCUT2D eigenvalue weighted by Gasteiger charge is 2.11. The van der Waals surface area contributed by atoms with Crippen LogP contribution in [0.4, 0.5) is 4.39 Å². The van der Waals surface area contributed by atoms with Gasteiger partial charge in [-0.1, -0.05) is 6.07 Å². The minimum absolute atomic E-state index is 0.294. The zero-order valence-corrected chi connectivity index (χ0v) is 9.34. The van der Waals surface area contributed by atoms with Crippen molar-refractivity contribution in [3.63, 3.8) is 0 Å². The number of carboxylic acids is 1. The molecule has 0 saturated carbocycles. The predicted molar refractivity (Wildman–Crippen MR) is 61.4 cm³/mol. The third-order valence-corrected chi connectivity index (χ3v) is 3.31. The zero-order valence-electron chi connectivity index (χ0n) is 8.53. The number of hydrogen-bond donors (Lipinski definition) is 1. The summed E-state index contributed by atoms with van der Waals surface area (Å²) in [5, 5.41) is 10.7. The highest BCUT2D eigenvalue weighted by molar-refractivity contribution is 7.13. The SMILES string of the molecule is Cc1csc(-c2ccc(C(=O)O)c(F)c2)c1. The van der Waals surface area contributed by atoms with Crippen molar-refractivity contribution in [2.45, 2.75) is 6.92 Å². The maximum Gasteiger partial charge on any atom is 0.338 e. The van der Waals surface area contributed by atoms with Crippen LogP contribution in [0.5, 0.6) is 0 Å². The first-order valence-corrected chi connectivity index (χ1v) is 5.54. The molecule has 2 nitrogen and oxygen atoms in total. The lowest BCUT2D eigenvalue weighted by Gasteiger charge is -2.00. The van der Waals surface area contributed by atoms with Crippen molar-refractivity contribution < 1.29 is 14.3 Å². The predicted octanol–water partition coefficient (Wildman–Crippen LogP) is 3.56. The molecule has 1 aromatic carbocycles. The Labute approximate surface area is 96.0 Å². The maximum atomic E-state index is 13.4. The molecule has 16 heavy (non-hydrogen) atoms. The number of halogens is 1. The van der Waals surface area contributed by atoms with Gasteiger partial charge in [0.1, 0.15) is 5.82 Å². The Kier molecular flexibility index (Phi) is 2.75. The molecule has 0 aliphatic carbocycles. The third-order valence-electron chi connectivity index (χ3n) is 2.21. The van der Waals surface area contributed by atoms with Crippen LogP contribution >= 0.6 is 11.3 Å². The molecule has 0 fully saturated rings. The van der Waals surface area contributed by atoms with E-state index in [4.69, 9.17) is 5.11 Å². The largest absolute Gasteiger partial charge is 0.478 e. The summed E-state index contributed by atoms with van der Waals surface area (Å²) >= 11 is 1.51. The Bertz CT molecular complexity index is 546. The van der Waals surface area contributed by atoms with Crippen molar-refractivity contribution in [2.24, 2.45) is 0 Å². The van der Waals surface area contributed by atoms with Crippen LogP contribution in [0.15, 0.2) is 29.6 Å². The maximum absolute atomic E-state index is 13.4. The van der Waals surface area contributed by atoms with E-state index in [2.05, 4.69) is 0 Å². The lowest BCUT2D eigenvalue weighted by Crippen LogP contribution is -1.99. The molecule has 1 aromatic heterocycles. The van der Waals surface area contributed by atoms with E-state index in [1.54, 1.807) is 6.07 Å². The molecular formula is C12H9FO2S. The summed E-state index contributed by atoms with van der Waals surface area (Å²) in [6.07, 6.45) is 0. The summed E-state index contributed by atoms with van der Waals surface area (Å²) in [6.45, 7) is 1.96. The first kappa shape index (κ1) is 10.8. The van der Waals surface area contributed by atoms with Gasteiger partial charge in [0.05, 0.1) is 5.56 Å². The Hall–Kier alpha value is -1.68. The van der Waals surface area contributed by atoms with E-state index in [1.165, 1.54) is 23.5 Å². The van der Waals surface area contributed by atoms with Gasteiger partial charge >= 0.3 is 5.97 Å². The highest BCUT2D eigenvalue weighted by atomic mass is 32.1. The normalized spacial score (nSPS) is 10.4. The van der Waals surface area contributed by atoms with E-state index in [-0.39, 0.29) is 5.56 Å². The van der Waals surface area contributed by atoms with E-state index in [1.807, 2.05) is 18.4 Å². The van der Waals surface area contributed by atoms with E-state index in [9.17, 15) is 9.18 Å². The van der Waals surface area contributed by atoms with Crippen LogP contribution in [-0.2, 0) is 0 Å². The van der Waals surface area contributed by atoms with Crippen LogP contribution in [0, 0.1) is 12.7 Å². The molecule has 0 atom stereocenters. The molecule has 0 unspecified atom stereocenters. The Morgan fingerprint density at radius 1 is 1.38 bits per heavy atom. The first-order valence-electron chi connectivity index (χ1n) is 4.66. The summed E-state index contributed by atoms with van der Waals surface area (Å²) < 4.78 is 13.4. The second kappa shape index (κ2) is 4.06. The van der Waals surface area contributed by atoms with E-state index < -0.39 is 11.8 Å². The smallest absolute Gasteiger partial charge is 0.338 e. The molecule has 0 aliphatic heterocycles.